The van der Waals surface area contributed by atoms with E-state index in [4.69, 9.17) is 0 Å². The SMILES string of the molecule is CC(NC(=O)Cn1c(=O)c2c(ncn2C)n(C)c1=O)c1ccc(C(C)(C)C)cc1. The zero-order valence-electron chi connectivity index (χ0n) is 17.7. The number of amides is 1. The van der Waals surface area contributed by atoms with Gasteiger partial charge in [-0.05, 0) is 23.5 Å². The molecule has 2 aromatic heterocycles. The molecule has 1 atom stereocenters. The molecular formula is C21H27N5O3. The maximum Gasteiger partial charge on any atom is 0.332 e. The third-order valence-corrected chi connectivity index (χ3v) is 5.16. The molecule has 0 saturated heterocycles. The third kappa shape index (κ3) is 3.87. The van der Waals surface area contributed by atoms with Crippen molar-refractivity contribution in [1.82, 2.24) is 24.0 Å². The molecule has 29 heavy (non-hydrogen) atoms. The van der Waals surface area contributed by atoms with E-state index >= 15 is 0 Å². The van der Waals surface area contributed by atoms with Gasteiger partial charge in [0, 0.05) is 14.1 Å². The van der Waals surface area contributed by atoms with E-state index < -0.39 is 17.2 Å². The van der Waals surface area contributed by atoms with Crippen LogP contribution in [0.5, 0.6) is 0 Å². The highest BCUT2D eigenvalue weighted by Crippen LogP contribution is 2.23. The molecule has 1 amide bonds. The molecule has 0 aliphatic carbocycles. The van der Waals surface area contributed by atoms with Crippen LogP contribution in [0.2, 0.25) is 0 Å². The van der Waals surface area contributed by atoms with Crippen LogP contribution < -0.4 is 16.6 Å². The molecule has 1 N–H and O–H groups in total. The Labute approximate surface area is 168 Å². The lowest BCUT2D eigenvalue weighted by Gasteiger charge is -2.21. The molecular weight excluding hydrogens is 370 g/mol. The highest BCUT2D eigenvalue weighted by atomic mass is 16.2. The molecule has 1 aromatic carbocycles. The van der Waals surface area contributed by atoms with Gasteiger partial charge in [-0.1, -0.05) is 45.0 Å². The summed E-state index contributed by atoms with van der Waals surface area (Å²) in [6.07, 6.45) is 1.47. The summed E-state index contributed by atoms with van der Waals surface area (Å²) in [6, 6.07) is 7.82. The minimum absolute atomic E-state index is 0.0523. The van der Waals surface area contributed by atoms with E-state index in [1.165, 1.54) is 23.5 Å². The van der Waals surface area contributed by atoms with Crippen molar-refractivity contribution in [3.63, 3.8) is 0 Å². The fraction of sp³-hybridized carbons (Fsp3) is 0.429. The van der Waals surface area contributed by atoms with Gasteiger partial charge >= 0.3 is 5.69 Å². The lowest BCUT2D eigenvalue weighted by Crippen LogP contribution is -2.43. The Balaban J connectivity index is 1.82. The van der Waals surface area contributed by atoms with Crippen LogP contribution in [-0.4, -0.2) is 24.6 Å². The van der Waals surface area contributed by atoms with Crippen LogP contribution in [-0.2, 0) is 30.8 Å². The molecule has 0 spiro atoms. The Bertz CT molecular complexity index is 1180. The minimum Gasteiger partial charge on any atom is -0.348 e. The Morgan fingerprint density at radius 2 is 1.76 bits per heavy atom. The summed E-state index contributed by atoms with van der Waals surface area (Å²) in [5.41, 5.74) is 1.69. The minimum atomic E-state index is -0.571. The van der Waals surface area contributed by atoms with Gasteiger partial charge in [0.1, 0.15) is 6.54 Å². The summed E-state index contributed by atoms with van der Waals surface area (Å²) in [4.78, 5) is 41.9. The fourth-order valence-corrected chi connectivity index (χ4v) is 3.32. The van der Waals surface area contributed by atoms with E-state index in [9.17, 15) is 14.4 Å². The van der Waals surface area contributed by atoms with Crippen molar-refractivity contribution in [2.45, 2.75) is 45.7 Å². The summed E-state index contributed by atoms with van der Waals surface area (Å²) < 4.78 is 3.76. The average Bonchev–Trinajstić information content (AvgIpc) is 3.04. The highest BCUT2D eigenvalue weighted by Gasteiger charge is 2.19. The van der Waals surface area contributed by atoms with Crippen molar-refractivity contribution < 1.29 is 4.79 Å². The van der Waals surface area contributed by atoms with Crippen LogP contribution in [0.15, 0.2) is 40.2 Å². The van der Waals surface area contributed by atoms with Gasteiger partial charge in [-0.3, -0.25) is 14.2 Å². The maximum absolute atomic E-state index is 12.7. The quantitative estimate of drug-likeness (QED) is 0.724. The number of hydrogen-bond donors (Lipinski definition) is 1. The van der Waals surface area contributed by atoms with Crippen molar-refractivity contribution in [1.29, 1.82) is 0 Å². The smallest absolute Gasteiger partial charge is 0.332 e. The van der Waals surface area contributed by atoms with E-state index in [0.717, 1.165) is 10.1 Å². The number of fused-ring (bicyclic) bond motifs is 1. The van der Waals surface area contributed by atoms with E-state index in [-0.39, 0.29) is 23.5 Å². The predicted molar refractivity (Wildman–Crippen MR) is 112 cm³/mol. The number of aryl methyl sites for hydroxylation is 2. The number of nitrogens with one attached hydrogen (secondary N) is 1. The molecule has 2 heterocycles. The van der Waals surface area contributed by atoms with Gasteiger partial charge in [-0.25, -0.2) is 14.3 Å². The summed E-state index contributed by atoms with van der Waals surface area (Å²) in [6.45, 7) is 7.95. The zero-order chi connectivity index (χ0) is 21.5. The second-order valence-electron chi connectivity index (χ2n) is 8.42. The zero-order valence-corrected chi connectivity index (χ0v) is 17.7. The normalized spacial score (nSPS) is 12.9. The van der Waals surface area contributed by atoms with Crippen molar-refractivity contribution in [2.24, 2.45) is 14.1 Å². The maximum atomic E-state index is 12.7. The van der Waals surface area contributed by atoms with Crippen molar-refractivity contribution in [3.05, 3.63) is 62.6 Å². The van der Waals surface area contributed by atoms with Crippen LogP contribution in [0.25, 0.3) is 11.2 Å². The molecule has 0 radical (unpaired) electrons. The van der Waals surface area contributed by atoms with Gasteiger partial charge in [-0.15, -0.1) is 0 Å². The molecule has 154 valence electrons. The van der Waals surface area contributed by atoms with Crippen LogP contribution in [0.4, 0.5) is 0 Å². The molecule has 8 heteroatoms. The topological polar surface area (TPSA) is 90.9 Å². The number of aromatic nitrogens is 4. The molecule has 0 aliphatic heterocycles. The van der Waals surface area contributed by atoms with Crippen molar-refractivity contribution >= 4 is 17.1 Å². The van der Waals surface area contributed by atoms with Gasteiger partial charge in [0.15, 0.2) is 11.2 Å². The molecule has 3 rings (SSSR count). The van der Waals surface area contributed by atoms with E-state index in [1.54, 1.807) is 11.6 Å². The number of carbonyl (C=O) groups excluding carboxylic acids is 1. The Morgan fingerprint density at radius 3 is 2.34 bits per heavy atom. The first-order chi connectivity index (χ1) is 13.5. The third-order valence-electron chi connectivity index (χ3n) is 5.16. The van der Waals surface area contributed by atoms with Gasteiger partial charge in [0.2, 0.25) is 5.91 Å². The molecule has 1 unspecified atom stereocenters. The van der Waals surface area contributed by atoms with Gasteiger partial charge in [0.25, 0.3) is 5.56 Å². The van der Waals surface area contributed by atoms with Gasteiger partial charge in [-0.2, -0.15) is 0 Å². The van der Waals surface area contributed by atoms with Crippen LogP contribution >= 0.6 is 0 Å². The number of hydrogen-bond acceptors (Lipinski definition) is 4. The molecule has 8 nitrogen and oxygen atoms in total. The summed E-state index contributed by atoms with van der Waals surface area (Å²) in [7, 11) is 3.21. The van der Waals surface area contributed by atoms with Crippen LogP contribution in [0.1, 0.15) is 44.9 Å². The lowest BCUT2D eigenvalue weighted by molar-refractivity contribution is -0.122. The first-order valence-corrected chi connectivity index (χ1v) is 9.51. The van der Waals surface area contributed by atoms with Crippen LogP contribution in [0.3, 0.4) is 0 Å². The Morgan fingerprint density at radius 1 is 1.14 bits per heavy atom. The highest BCUT2D eigenvalue weighted by molar-refractivity contribution is 5.77. The second kappa shape index (κ2) is 7.35. The van der Waals surface area contributed by atoms with E-state index in [0.29, 0.717) is 5.65 Å². The first-order valence-electron chi connectivity index (χ1n) is 9.51. The molecule has 0 saturated carbocycles. The average molecular weight is 397 g/mol. The number of carbonyl (C=O) groups is 1. The van der Waals surface area contributed by atoms with Gasteiger partial charge < -0.3 is 9.88 Å². The number of imidazole rings is 1. The van der Waals surface area contributed by atoms with Crippen molar-refractivity contribution in [3.8, 4) is 0 Å². The standard InChI is InChI=1S/C21H27N5O3/c1-13(14-7-9-15(10-8-14)21(2,3)4)23-16(27)11-26-19(28)17-18(22-12-24(17)5)25(6)20(26)29/h7-10,12-13H,11H2,1-6H3,(H,23,27). The van der Waals surface area contributed by atoms with E-state index in [2.05, 4.69) is 43.2 Å². The second-order valence-corrected chi connectivity index (χ2v) is 8.42. The summed E-state index contributed by atoms with van der Waals surface area (Å²) >= 11 is 0. The first kappa shape index (κ1) is 20.6. The predicted octanol–water partition coefficient (Wildman–Crippen LogP) is 1.61. The monoisotopic (exact) mass is 397 g/mol. The summed E-state index contributed by atoms with van der Waals surface area (Å²) in [5.74, 6) is -0.405. The van der Waals surface area contributed by atoms with E-state index in [1.807, 2.05) is 19.1 Å². The number of benzene rings is 1. The summed E-state index contributed by atoms with van der Waals surface area (Å²) in [5, 5.41) is 2.86. The largest absolute Gasteiger partial charge is 0.348 e. The van der Waals surface area contributed by atoms with Crippen LogP contribution in [0, 0.1) is 0 Å². The Hall–Kier alpha value is -3.16. The van der Waals surface area contributed by atoms with Gasteiger partial charge in [0.05, 0.1) is 12.4 Å². The molecule has 0 bridgehead atoms. The molecule has 0 fully saturated rings. The lowest BCUT2D eigenvalue weighted by atomic mass is 9.86. The molecule has 3 aromatic rings. The number of nitrogens with zero attached hydrogens (tertiary/aromatic N) is 4. The number of rotatable bonds is 4. The fourth-order valence-electron chi connectivity index (χ4n) is 3.32. The Kier molecular flexibility index (Phi) is 5.21. The van der Waals surface area contributed by atoms with Crippen molar-refractivity contribution in [2.75, 3.05) is 0 Å². The molecule has 0 aliphatic rings.